The van der Waals surface area contributed by atoms with Crippen molar-refractivity contribution in [2.75, 3.05) is 0 Å². The number of rotatable bonds is 3. The molecule has 1 heterocycles. The van der Waals surface area contributed by atoms with Crippen molar-refractivity contribution >= 4 is 15.9 Å². The van der Waals surface area contributed by atoms with Gasteiger partial charge in [0, 0.05) is 28.9 Å². The molecule has 0 amide bonds. The van der Waals surface area contributed by atoms with Gasteiger partial charge in [0.15, 0.2) is 0 Å². The lowest BCUT2D eigenvalue weighted by molar-refractivity contribution is -0.137. The summed E-state index contributed by atoms with van der Waals surface area (Å²) in [6, 6.07) is 6.50. The van der Waals surface area contributed by atoms with Crippen LogP contribution in [0.15, 0.2) is 47.2 Å². The second kappa shape index (κ2) is 5.93. The Hall–Kier alpha value is -1.40. The first-order valence-electron chi connectivity index (χ1n) is 5.81. The van der Waals surface area contributed by atoms with E-state index in [1.807, 2.05) is 0 Å². The highest BCUT2D eigenvalue weighted by atomic mass is 79.9. The third-order valence-corrected chi connectivity index (χ3v) is 3.25. The van der Waals surface area contributed by atoms with Crippen molar-refractivity contribution in [1.82, 2.24) is 4.98 Å². The molecule has 0 aliphatic carbocycles. The maximum absolute atomic E-state index is 12.4. The molecule has 1 N–H and O–H groups in total. The van der Waals surface area contributed by atoms with Gasteiger partial charge >= 0.3 is 6.18 Å². The van der Waals surface area contributed by atoms with Crippen LogP contribution in [0.5, 0.6) is 0 Å². The zero-order valence-corrected chi connectivity index (χ0v) is 11.8. The van der Waals surface area contributed by atoms with Crippen LogP contribution in [-0.4, -0.2) is 10.1 Å². The third-order valence-electron chi connectivity index (χ3n) is 2.82. The van der Waals surface area contributed by atoms with Crippen LogP contribution in [0.1, 0.15) is 22.8 Å². The maximum atomic E-state index is 12.4. The molecule has 0 saturated carbocycles. The molecule has 6 heteroatoms. The average molecular weight is 346 g/mol. The topological polar surface area (TPSA) is 33.1 Å². The summed E-state index contributed by atoms with van der Waals surface area (Å²) in [6.45, 7) is 0. The number of hydrogen-bond donors (Lipinski definition) is 1. The normalized spacial score (nSPS) is 13.2. The van der Waals surface area contributed by atoms with E-state index in [1.54, 1.807) is 12.3 Å². The van der Waals surface area contributed by atoms with Gasteiger partial charge in [-0.25, -0.2) is 0 Å². The number of aliphatic hydroxyl groups is 1. The average Bonchev–Trinajstić information content (AvgIpc) is 2.38. The fourth-order valence-corrected chi connectivity index (χ4v) is 2.16. The molecule has 2 rings (SSSR count). The number of halogens is 4. The van der Waals surface area contributed by atoms with Crippen LogP contribution < -0.4 is 0 Å². The molecule has 2 nitrogen and oxygen atoms in total. The van der Waals surface area contributed by atoms with Crippen molar-refractivity contribution in [3.05, 3.63) is 63.9 Å². The Balaban J connectivity index is 2.10. The first kappa shape index (κ1) is 15.0. The van der Waals surface area contributed by atoms with Crippen molar-refractivity contribution in [1.29, 1.82) is 0 Å². The Labute approximate surface area is 122 Å². The van der Waals surface area contributed by atoms with E-state index in [0.29, 0.717) is 11.1 Å². The lowest BCUT2D eigenvalue weighted by Crippen LogP contribution is -2.06. The first-order valence-corrected chi connectivity index (χ1v) is 6.60. The predicted octanol–water partition coefficient (Wildman–Crippen LogP) is 4.14. The minimum absolute atomic E-state index is 0.232. The van der Waals surface area contributed by atoms with Gasteiger partial charge in [0.2, 0.25) is 0 Å². The summed E-state index contributed by atoms with van der Waals surface area (Å²) in [7, 11) is 0. The standard InChI is InChI=1S/C14H11BrF3NO/c15-12-6-10(7-19-8-12)13(20)5-9-1-3-11(4-2-9)14(16,17)18/h1-4,6-8,13,20H,5H2. The lowest BCUT2D eigenvalue weighted by Gasteiger charge is -2.12. The molecule has 2 aromatic rings. The monoisotopic (exact) mass is 345 g/mol. The molecule has 20 heavy (non-hydrogen) atoms. The summed E-state index contributed by atoms with van der Waals surface area (Å²) in [5, 5.41) is 10.0. The van der Waals surface area contributed by atoms with E-state index in [4.69, 9.17) is 0 Å². The number of pyridine rings is 1. The van der Waals surface area contributed by atoms with Gasteiger partial charge in [-0.3, -0.25) is 4.98 Å². The molecule has 0 saturated heterocycles. The number of aliphatic hydroxyl groups excluding tert-OH is 1. The highest BCUT2D eigenvalue weighted by Gasteiger charge is 2.29. The molecule has 0 bridgehead atoms. The van der Waals surface area contributed by atoms with E-state index in [1.165, 1.54) is 18.3 Å². The van der Waals surface area contributed by atoms with E-state index in [9.17, 15) is 18.3 Å². The van der Waals surface area contributed by atoms with Crippen molar-refractivity contribution in [2.24, 2.45) is 0 Å². The second-order valence-electron chi connectivity index (χ2n) is 4.35. The highest BCUT2D eigenvalue weighted by molar-refractivity contribution is 9.10. The van der Waals surface area contributed by atoms with Crippen LogP contribution in [0.4, 0.5) is 13.2 Å². The van der Waals surface area contributed by atoms with Crippen LogP contribution >= 0.6 is 15.9 Å². The van der Waals surface area contributed by atoms with Crippen molar-refractivity contribution in [3.63, 3.8) is 0 Å². The number of alkyl halides is 3. The van der Waals surface area contributed by atoms with Crippen LogP contribution in [-0.2, 0) is 12.6 Å². The molecule has 1 unspecified atom stereocenters. The van der Waals surface area contributed by atoms with Gasteiger partial charge in [0.05, 0.1) is 11.7 Å². The molecule has 0 radical (unpaired) electrons. The van der Waals surface area contributed by atoms with Gasteiger partial charge in [-0.2, -0.15) is 13.2 Å². The molecular formula is C14H11BrF3NO. The smallest absolute Gasteiger partial charge is 0.388 e. The van der Waals surface area contributed by atoms with Crippen molar-refractivity contribution in [3.8, 4) is 0 Å². The van der Waals surface area contributed by atoms with Crippen LogP contribution in [0.2, 0.25) is 0 Å². The van der Waals surface area contributed by atoms with E-state index >= 15 is 0 Å². The van der Waals surface area contributed by atoms with Gasteiger partial charge in [0.25, 0.3) is 0 Å². The Morgan fingerprint density at radius 2 is 1.80 bits per heavy atom. The quantitative estimate of drug-likeness (QED) is 0.906. The molecular weight excluding hydrogens is 335 g/mol. The number of hydrogen-bond acceptors (Lipinski definition) is 2. The molecule has 0 fully saturated rings. The van der Waals surface area contributed by atoms with Crippen LogP contribution in [0.3, 0.4) is 0 Å². The highest BCUT2D eigenvalue weighted by Crippen LogP contribution is 2.29. The Morgan fingerprint density at radius 1 is 1.15 bits per heavy atom. The van der Waals surface area contributed by atoms with Crippen LogP contribution in [0, 0.1) is 0 Å². The number of benzene rings is 1. The summed E-state index contributed by atoms with van der Waals surface area (Å²) in [5.74, 6) is 0. The zero-order valence-electron chi connectivity index (χ0n) is 10.2. The fraction of sp³-hybridized carbons (Fsp3) is 0.214. The SMILES string of the molecule is OC(Cc1ccc(C(F)(F)F)cc1)c1cncc(Br)c1. The summed E-state index contributed by atoms with van der Waals surface area (Å²) >= 11 is 3.25. The summed E-state index contributed by atoms with van der Waals surface area (Å²) in [5.41, 5.74) is 0.546. The predicted molar refractivity (Wildman–Crippen MR) is 72.0 cm³/mol. The van der Waals surface area contributed by atoms with Crippen molar-refractivity contribution in [2.45, 2.75) is 18.7 Å². The number of nitrogens with zero attached hydrogens (tertiary/aromatic N) is 1. The summed E-state index contributed by atoms with van der Waals surface area (Å²) < 4.78 is 38.0. The van der Waals surface area contributed by atoms with Crippen LogP contribution in [0.25, 0.3) is 0 Å². The van der Waals surface area contributed by atoms with Gasteiger partial charge in [-0.05, 0) is 39.7 Å². The minimum atomic E-state index is -4.34. The van der Waals surface area contributed by atoms with Gasteiger partial charge < -0.3 is 5.11 Å². The molecule has 1 atom stereocenters. The van der Waals surface area contributed by atoms with Gasteiger partial charge in [-0.1, -0.05) is 12.1 Å². The van der Waals surface area contributed by atoms with Gasteiger partial charge in [0.1, 0.15) is 0 Å². The summed E-state index contributed by atoms with van der Waals surface area (Å²) in [4.78, 5) is 3.94. The molecule has 1 aromatic carbocycles. The largest absolute Gasteiger partial charge is 0.416 e. The Kier molecular flexibility index (Phi) is 4.45. The zero-order chi connectivity index (χ0) is 14.8. The Bertz CT molecular complexity index is 584. The number of aromatic nitrogens is 1. The van der Waals surface area contributed by atoms with E-state index in [-0.39, 0.29) is 6.42 Å². The first-order chi connectivity index (χ1) is 9.36. The molecule has 0 spiro atoms. The van der Waals surface area contributed by atoms with E-state index < -0.39 is 17.8 Å². The van der Waals surface area contributed by atoms with E-state index in [2.05, 4.69) is 20.9 Å². The Morgan fingerprint density at radius 3 is 2.35 bits per heavy atom. The lowest BCUT2D eigenvalue weighted by atomic mass is 10.0. The second-order valence-corrected chi connectivity index (χ2v) is 5.27. The minimum Gasteiger partial charge on any atom is -0.388 e. The third kappa shape index (κ3) is 3.80. The molecule has 106 valence electrons. The van der Waals surface area contributed by atoms with Gasteiger partial charge in [-0.15, -0.1) is 0 Å². The maximum Gasteiger partial charge on any atom is 0.416 e. The summed E-state index contributed by atoms with van der Waals surface area (Å²) in [6.07, 6.45) is -1.80. The fourth-order valence-electron chi connectivity index (χ4n) is 1.78. The molecule has 0 aliphatic heterocycles. The molecule has 1 aromatic heterocycles. The van der Waals surface area contributed by atoms with E-state index in [0.717, 1.165) is 16.6 Å². The molecule has 0 aliphatic rings. The van der Waals surface area contributed by atoms with Crippen molar-refractivity contribution < 1.29 is 18.3 Å².